The maximum atomic E-state index is 12.0. The van der Waals surface area contributed by atoms with Crippen molar-refractivity contribution in [3.63, 3.8) is 0 Å². The molecule has 0 saturated heterocycles. The van der Waals surface area contributed by atoms with Crippen molar-refractivity contribution >= 4 is 22.6 Å². The highest BCUT2D eigenvalue weighted by atomic mass is 16.5. The van der Waals surface area contributed by atoms with E-state index in [0.717, 1.165) is 10.9 Å². The molecule has 0 fully saturated rings. The van der Waals surface area contributed by atoms with Crippen LogP contribution in [0.15, 0.2) is 48.7 Å². The molecule has 7 heteroatoms. The third-order valence-electron chi connectivity index (χ3n) is 3.45. The lowest BCUT2D eigenvalue weighted by molar-refractivity contribution is 0.246. The van der Waals surface area contributed by atoms with Gasteiger partial charge in [0.25, 0.3) is 0 Å². The number of nitrogens with zero attached hydrogens (tertiary/aromatic N) is 1. The second-order valence-corrected chi connectivity index (χ2v) is 5.02. The molecule has 0 unspecified atom stereocenters. The highest BCUT2D eigenvalue weighted by molar-refractivity contribution is 6.00. The summed E-state index contributed by atoms with van der Waals surface area (Å²) in [5.74, 6) is 1.30. The van der Waals surface area contributed by atoms with Gasteiger partial charge in [0.2, 0.25) is 0 Å². The molecule has 1 aromatic heterocycles. The molecule has 3 rings (SSSR count). The van der Waals surface area contributed by atoms with Crippen molar-refractivity contribution in [1.82, 2.24) is 15.5 Å². The van der Waals surface area contributed by atoms with Crippen LogP contribution in [0.25, 0.3) is 10.9 Å². The lowest BCUT2D eigenvalue weighted by atomic mass is 10.2. The Morgan fingerprint density at radius 1 is 1.17 bits per heavy atom. The molecule has 0 aliphatic heterocycles. The summed E-state index contributed by atoms with van der Waals surface area (Å²) in [5.41, 5.74) is 1.57. The van der Waals surface area contributed by atoms with E-state index < -0.39 is 0 Å². The molecule has 2 amide bonds. The maximum absolute atomic E-state index is 12.0. The van der Waals surface area contributed by atoms with Gasteiger partial charge in [-0.25, -0.2) is 4.79 Å². The van der Waals surface area contributed by atoms with Crippen LogP contribution in [0.4, 0.5) is 10.5 Å². The number of anilines is 1. The quantitative estimate of drug-likeness (QED) is 0.608. The number of fused-ring (bicyclic) bond motifs is 1. The van der Waals surface area contributed by atoms with E-state index in [9.17, 15) is 4.79 Å². The summed E-state index contributed by atoms with van der Waals surface area (Å²) in [6.07, 6.45) is 1.68. The van der Waals surface area contributed by atoms with E-state index in [2.05, 4.69) is 20.8 Å². The summed E-state index contributed by atoms with van der Waals surface area (Å²) in [5, 5.41) is 13.2. The first kappa shape index (κ1) is 15.7. The van der Waals surface area contributed by atoms with Gasteiger partial charge in [-0.3, -0.25) is 5.10 Å². The van der Waals surface area contributed by atoms with Gasteiger partial charge in [-0.2, -0.15) is 5.10 Å². The van der Waals surface area contributed by atoms with Crippen molar-refractivity contribution in [3.8, 4) is 11.5 Å². The van der Waals surface area contributed by atoms with Gasteiger partial charge < -0.3 is 20.1 Å². The molecule has 0 spiro atoms. The SMILES string of the molecule is COc1ccccc1OCCNC(=O)Nc1cccc2[nH]ncc12. The molecule has 0 aliphatic carbocycles. The van der Waals surface area contributed by atoms with E-state index in [1.54, 1.807) is 13.3 Å². The molecular formula is C17H18N4O3. The van der Waals surface area contributed by atoms with Crippen molar-refractivity contribution in [2.75, 3.05) is 25.6 Å². The lowest BCUT2D eigenvalue weighted by Crippen LogP contribution is -2.32. The average molecular weight is 326 g/mol. The zero-order valence-electron chi connectivity index (χ0n) is 13.2. The number of nitrogens with one attached hydrogen (secondary N) is 3. The van der Waals surface area contributed by atoms with E-state index in [0.29, 0.717) is 30.3 Å². The van der Waals surface area contributed by atoms with E-state index >= 15 is 0 Å². The Kier molecular flexibility index (Phi) is 4.81. The van der Waals surface area contributed by atoms with Crippen molar-refractivity contribution in [2.24, 2.45) is 0 Å². The smallest absolute Gasteiger partial charge is 0.319 e. The predicted octanol–water partition coefficient (Wildman–Crippen LogP) is 2.77. The standard InChI is InChI=1S/C17H18N4O3/c1-23-15-7-2-3-8-16(15)24-10-9-18-17(22)20-13-5-4-6-14-12(13)11-19-21-14/h2-8,11H,9-10H2,1H3,(H,19,21)(H2,18,20,22). The third kappa shape index (κ3) is 3.57. The number of carbonyl (C=O) groups is 1. The first-order valence-corrected chi connectivity index (χ1v) is 7.50. The van der Waals surface area contributed by atoms with Crippen LogP contribution in [-0.4, -0.2) is 36.5 Å². The van der Waals surface area contributed by atoms with E-state index in [1.807, 2.05) is 42.5 Å². The minimum absolute atomic E-state index is 0.299. The molecular weight excluding hydrogens is 308 g/mol. The van der Waals surface area contributed by atoms with Gasteiger partial charge in [0.05, 0.1) is 31.1 Å². The Balaban J connectivity index is 1.49. The molecule has 0 saturated carbocycles. The number of rotatable bonds is 6. The van der Waals surface area contributed by atoms with Gasteiger partial charge in [0, 0.05) is 5.39 Å². The van der Waals surface area contributed by atoms with Crippen LogP contribution in [0.2, 0.25) is 0 Å². The Bertz CT molecular complexity index is 831. The summed E-state index contributed by atoms with van der Waals surface area (Å²) < 4.78 is 10.8. The number of carbonyl (C=O) groups excluding carboxylic acids is 1. The fourth-order valence-corrected chi connectivity index (χ4v) is 2.31. The summed E-state index contributed by atoms with van der Waals surface area (Å²) in [4.78, 5) is 12.0. The number of hydrogen-bond acceptors (Lipinski definition) is 4. The van der Waals surface area contributed by atoms with Gasteiger partial charge in [-0.1, -0.05) is 18.2 Å². The minimum atomic E-state index is -0.299. The van der Waals surface area contributed by atoms with Crippen LogP contribution >= 0.6 is 0 Å². The van der Waals surface area contributed by atoms with Crippen molar-refractivity contribution in [3.05, 3.63) is 48.7 Å². The number of aromatic nitrogens is 2. The normalized spacial score (nSPS) is 10.4. The van der Waals surface area contributed by atoms with Crippen molar-refractivity contribution in [2.45, 2.75) is 0 Å². The van der Waals surface area contributed by atoms with Gasteiger partial charge >= 0.3 is 6.03 Å². The molecule has 7 nitrogen and oxygen atoms in total. The van der Waals surface area contributed by atoms with Crippen LogP contribution in [0.3, 0.4) is 0 Å². The number of benzene rings is 2. The highest BCUT2D eigenvalue weighted by Gasteiger charge is 2.07. The van der Waals surface area contributed by atoms with E-state index in [4.69, 9.17) is 9.47 Å². The topological polar surface area (TPSA) is 88.3 Å². The minimum Gasteiger partial charge on any atom is -0.493 e. The molecule has 124 valence electrons. The molecule has 1 heterocycles. The summed E-state index contributed by atoms with van der Waals surface area (Å²) >= 11 is 0. The number of urea groups is 1. The van der Waals surface area contributed by atoms with E-state index in [-0.39, 0.29) is 6.03 Å². The Labute approximate surface area is 139 Å². The van der Waals surface area contributed by atoms with Crippen molar-refractivity contribution in [1.29, 1.82) is 0 Å². The molecule has 0 bridgehead atoms. The zero-order chi connectivity index (χ0) is 16.8. The Hall–Kier alpha value is -3.22. The molecule has 2 aromatic carbocycles. The average Bonchev–Trinajstić information content (AvgIpc) is 3.09. The lowest BCUT2D eigenvalue weighted by Gasteiger charge is -2.11. The molecule has 0 aliphatic rings. The number of ether oxygens (including phenoxy) is 2. The summed E-state index contributed by atoms with van der Waals surface area (Å²) in [6, 6.07) is 12.6. The largest absolute Gasteiger partial charge is 0.493 e. The fraction of sp³-hybridized carbons (Fsp3) is 0.176. The van der Waals surface area contributed by atoms with Crippen molar-refractivity contribution < 1.29 is 14.3 Å². The third-order valence-corrected chi connectivity index (χ3v) is 3.45. The molecule has 3 N–H and O–H groups in total. The maximum Gasteiger partial charge on any atom is 0.319 e. The Morgan fingerprint density at radius 2 is 2.00 bits per heavy atom. The second-order valence-electron chi connectivity index (χ2n) is 5.02. The summed E-state index contributed by atoms with van der Waals surface area (Å²) in [7, 11) is 1.59. The highest BCUT2D eigenvalue weighted by Crippen LogP contribution is 2.25. The van der Waals surface area contributed by atoms with Gasteiger partial charge in [-0.15, -0.1) is 0 Å². The first-order chi connectivity index (χ1) is 11.8. The second kappa shape index (κ2) is 7.36. The van der Waals surface area contributed by atoms with E-state index in [1.165, 1.54) is 0 Å². The number of para-hydroxylation sites is 2. The summed E-state index contributed by atoms with van der Waals surface area (Å²) in [6.45, 7) is 0.703. The predicted molar refractivity (Wildman–Crippen MR) is 91.6 cm³/mol. The number of aromatic amines is 1. The van der Waals surface area contributed by atoms with Crippen LogP contribution in [0, 0.1) is 0 Å². The first-order valence-electron chi connectivity index (χ1n) is 7.50. The van der Waals surface area contributed by atoms with Crippen LogP contribution in [-0.2, 0) is 0 Å². The number of methoxy groups -OCH3 is 1. The van der Waals surface area contributed by atoms with Crippen LogP contribution < -0.4 is 20.1 Å². The number of hydrogen-bond donors (Lipinski definition) is 3. The van der Waals surface area contributed by atoms with Crippen LogP contribution in [0.5, 0.6) is 11.5 Å². The van der Waals surface area contributed by atoms with Gasteiger partial charge in [-0.05, 0) is 24.3 Å². The van der Waals surface area contributed by atoms with Gasteiger partial charge in [0.15, 0.2) is 11.5 Å². The Morgan fingerprint density at radius 3 is 2.83 bits per heavy atom. The zero-order valence-corrected chi connectivity index (χ0v) is 13.2. The molecule has 3 aromatic rings. The van der Waals surface area contributed by atoms with Crippen LogP contribution in [0.1, 0.15) is 0 Å². The molecule has 0 radical (unpaired) electrons. The molecule has 0 atom stereocenters. The number of amides is 2. The number of H-pyrrole nitrogens is 1. The fourth-order valence-electron chi connectivity index (χ4n) is 2.31. The monoisotopic (exact) mass is 326 g/mol. The van der Waals surface area contributed by atoms with Gasteiger partial charge in [0.1, 0.15) is 6.61 Å². The molecule has 24 heavy (non-hydrogen) atoms.